The van der Waals surface area contributed by atoms with Crippen LogP contribution in [0.2, 0.25) is 0 Å². The predicted octanol–water partition coefficient (Wildman–Crippen LogP) is 4.18. The Kier molecular flexibility index (Phi) is 6.41. The van der Waals surface area contributed by atoms with Crippen molar-refractivity contribution in [2.75, 3.05) is 18.4 Å². The van der Waals surface area contributed by atoms with Crippen LogP contribution in [0, 0.1) is 5.92 Å². The lowest BCUT2D eigenvalue weighted by atomic mass is 9.97. The summed E-state index contributed by atoms with van der Waals surface area (Å²) in [5.41, 5.74) is 2.80. The predicted molar refractivity (Wildman–Crippen MR) is 129 cm³/mol. The summed E-state index contributed by atoms with van der Waals surface area (Å²) >= 11 is 0. The van der Waals surface area contributed by atoms with E-state index in [1.807, 2.05) is 32.1 Å². The van der Waals surface area contributed by atoms with Gasteiger partial charge < -0.3 is 10.4 Å². The number of aromatic carboxylic acids is 1. The molecule has 4 rings (SSSR count). The topological polar surface area (TPSA) is 104 Å². The van der Waals surface area contributed by atoms with Crippen molar-refractivity contribution in [2.24, 2.45) is 5.92 Å². The number of carbonyl (C=O) groups is 2. The minimum atomic E-state index is -3.45. The number of carboxylic acids is 1. The van der Waals surface area contributed by atoms with E-state index in [2.05, 4.69) is 5.32 Å². The summed E-state index contributed by atoms with van der Waals surface area (Å²) in [5.74, 6) is -1.36. The lowest BCUT2D eigenvalue weighted by molar-refractivity contribution is -0.120. The fourth-order valence-electron chi connectivity index (χ4n) is 4.60. The number of fused-ring (bicyclic) bond motifs is 1. The van der Waals surface area contributed by atoms with Crippen molar-refractivity contribution in [2.45, 2.75) is 38.4 Å². The van der Waals surface area contributed by atoms with Crippen molar-refractivity contribution in [3.8, 4) is 0 Å². The molecule has 1 aliphatic heterocycles. The molecule has 7 nitrogen and oxygen atoms in total. The number of nitrogens with zero attached hydrogens (tertiary/aromatic N) is 1. The van der Waals surface area contributed by atoms with Crippen LogP contribution in [0.3, 0.4) is 0 Å². The van der Waals surface area contributed by atoms with Gasteiger partial charge in [0.05, 0.1) is 10.8 Å². The summed E-state index contributed by atoms with van der Waals surface area (Å²) in [6, 6.07) is 10.2. The average Bonchev–Trinajstić information content (AvgIpc) is 2.78. The van der Waals surface area contributed by atoms with Gasteiger partial charge in [0, 0.05) is 24.7 Å². The van der Waals surface area contributed by atoms with Crippen LogP contribution in [0.25, 0.3) is 10.8 Å². The van der Waals surface area contributed by atoms with E-state index in [1.54, 1.807) is 24.3 Å². The number of sulfonamides is 1. The molecule has 2 aromatic carbocycles. The van der Waals surface area contributed by atoms with Gasteiger partial charge in [0.15, 0.2) is 0 Å². The van der Waals surface area contributed by atoms with Crippen LogP contribution < -0.4 is 5.32 Å². The first-order valence-corrected chi connectivity index (χ1v) is 12.6. The third-order valence-corrected chi connectivity index (χ3v) is 8.88. The van der Waals surface area contributed by atoms with Crippen LogP contribution in [0.15, 0.2) is 59.7 Å². The van der Waals surface area contributed by atoms with Crippen LogP contribution in [0.1, 0.15) is 43.5 Å². The van der Waals surface area contributed by atoms with E-state index >= 15 is 0 Å². The summed E-state index contributed by atoms with van der Waals surface area (Å²) in [5, 5.41) is 13.1. The van der Waals surface area contributed by atoms with Gasteiger partial charge in [0.2, 0.25) is 15.9 Å². The molecule has 8 heteroatoms. The molecule has 2 N–H and O–H groups in total. The van der Waals surface area contributed by atoms with E-state index in [0.717, 1.165) is 21.9 Å². The Labute approximate surface area is 193 Å². The van der Waals surface area contributed by atoms with Crippen LogP contribution in [-0.4, -0.2) is 48.0 Å². The molecule has 1 heterocycles. The highest BCUT2D eigenvalue weighted by atomic mass is 32.2. The Morgan fingerprint density at radius 2 is 1.70 bits per heavy atom. The minimum Gasteiger partial charge on any atom is -0.478 e. The number of rotatable bonds is 5. The van der Waals surface area contributed by atoms with Crippen LogP contribution in [0.5, 0.6) is 0 Å². The fraction of sp³-hybridized carbons (Fsp3) is 0.360. The van der Waals surface area contributed by atoms with E-state index in [0.29, 0.717) is 38.0 Å². The van der Waals surface area contributed by atoms with Crippen molar-refractivity contribution in [1.82, 2.24) is 4.31 Å². The summed E-state index contributed by atoms with van der Waals surface area (Å²) in [6.07, 6.45) is 5.34. The molecular formula is C25H28N2O5S. The van der Waals surface area contributed by atoms with Crippen molar-refractivity contribution in [1.29, 1.82) is 0 Å². The van der Waals surface area contributed by atoms with E-state index in [-0.39, 0.29) is 17.4 Å². The highest BCUT2D eigenvalue weighted by Gasteiger charge is 2.37. The third-order valence-electron chi connectivity index (χ3n) is 6.52. The third kappa shape index (κ3) is 4.86. The van der Waals surface area contributed by atoms with Gasteiger partial charge in [-0.15, -0.1) is 0 Å². The van der Waals surface area contributed by atoms with Crippen molar-refractivity contribution >= 4 is 38.4 Å². The number of hydrogen-bond acceptors (Lipinski definition) is 4. The molecule has 1 aliphatic carbocycles. The number of carbonyl (C=O) groups excluding carboxylic acids is 1. The molecule has 1 fully saturated rings. The molecule has 1 amide bonds. The maximum Gasteiger partial charge on any atom is 0.335 e. The summed E-state index contributed by atoms with van der Waals surface area (Å²) in [7, 11) is -3.45. The first-order valence-electron chi connectivity index (χ1n) is 11.1. The number of anilines is 1. The van der Waals surface area contributed by atoms with Gasteiger partial charge >= 0.3 is 5.97 Å². The van der Waals surface area contributed by atoms with Crippen molar-refractivity contribution in [3.63, 3.8) is 0 Å². The largest absolute Gasteiger partial charge is 0.478 e. The second-order valence-corrected chi connectivity index (χ2v) is 11.0. The SMILES string of the molecule is CC1=CCC(S(=O)(=O)N2CCC(C(=O)Nc3ccc4cc(C(=O)O)ccc4c3)CC2)C(C)=C1. The van der Waals surface area contributed by atoms with E-state index in [1.165, 1.54) is 10.4 Å². The summed E-state index contributed by atoms with van der Waals surface area (Å²) in [4.78, 5) is 24.0. The Hall–Kier alpha value is -2.97. The van der Waals surface area contributed by atoms with Crippen LogP contribution in [-0.2, 0) is 14.8 Å². The molecule has 1 saturated heterocycles. The maximum atomic E-state index is 13.1. The smallest absolute Gasteiger partial charge is 0.335 e. The highest BCUT2D eigenvalue weighted by molar-refractivity contribution is 7.90. The molecule has 174 valence electrons. The molecule has 0 bridgehead atoms. The van der Waals surface area contributed by atoms with Gasteiger partial charge in [-0.3, -0.25) is 4.79 Å². The first kappa shape index (κ1) is 23.2. The highest BCUT2D eigenvalue weighted by Crippen LogP contribution is 2.30. The number of allylic oxidation sites excluding steroid dienone is 3. The Balaban J connectivity index is 1.38. The first-order chi connectivity index (χ1) is 15.6. The van der Waals surface area contributed by atoms with Gasteiger partial charge in [-0.2, -0.15) is 0 Å². The van der Waals surface area contributed by atoms with Gasteiger partial charge in [0.1, 0.15) is 0 Å². The molecular weight excluding hydrogens is 440 g/mol. The number of nitrogens with one attached hydrogen (secondary N) is 1. The number of amides is 1. The zero-order valence-corrected chi connectivity index (χ0v) is 19.6. The summed E-state index contributed by atoms with van der Waals surface area (Å²) < 4.78 is 27.8. The number of carboxylic acid groups (broad SMARTS) is 1. The molecule has 0 spiro atoms. The van der Waals surface area contributed by atoms with Crippen LogP contribution in [0.4, 0.5) is 5.69 Å². The molecule has 0 saturated carbocycles. The second-order valence-electron chi connectivity index (χ2n) is 8.85. The Bertz CT molecular complexity index is 1270. The van der Waals surface area contributed by atoms with Gasteiger partial charge in [-0.25, -0.2) is 17.5 Å². The monoisotopic (exact) mass is 468 g/mol. The second kappa shape index (κ2) is 9.11. The van der Waals surface area contributed by atoms with Gasteiger partial charge in [0.25, 0.3) is 0 Å². The zero-order valence-electron chi connectivity index (χ0n) is 18.7. The lowest BCUT2D eigenvalue weighted by Crippen LogP contribution is -2.45. The van der Waals surface area contributed by atoms with Crippen LogP contribution >= 0.6 is 0 Å². The van der Waals surface area contributed by atoms with Gasteiger partial charge in [-0.1, -0.05) is 35.4 Å². The Morgan fingerprint density at radius 3 is 2.36 bits per heavy atom. The average molecular weight is 469 g/mol. The van der Waals surface area contributed by atoms with Crippen molar-refractivity contribution < 1.29 is 23.1 Å². The molecule has 0 radical (unpaired) electrons. The number of piperidine rings is 1. The lowest BCUT2D eigenvalue weighted by Gasteiger charge is -2.34. The molecule has 1 unspecified atom stereocenters. The molecule has 33 heavy (non-hydrogen) atoms. The minimum absolute atomic E-state index is 0.124. The van der Waals surface area contributed by atoms with Crippen molar-refractivity contribution in [3.05, 3.63) is 65.3 Å². The standard InChI is InChI=1S/C25H28N2O5S/c1-16-3-8-23(17(2)13-16)33(31,32)27-11-9-18(10-12-27)24(28)26-22-7-6-19-14-21(25(29)30)5-4-20(19)15-22/h3-7,13-15,18,23H,8-12H2,1-2H3,(H,26,28)(H,29,30). The molecule has 2 aromatic rings. The molecule has 2 aliphatic rings. The quantitative estimate of drug-likeness (QED) is 0.685. The fourth-order valence-corrected chi connectivity index (χ4v) is 6.56. The van der Waals surface area contributed by atoms with E-state index in [9.17, 15) is 18.0 Å². The Morgan fingerprint density at radius 1 is 1.03 bits per heavy atom. The molecule has 0 aromatic heterocycles. The number of hydrogen-bond donors (Lipinski definition) is 2. The summed E-state index contributed by atoms with van der Waals surface area (Å²) in [6.45, 7) is 4.51. The molecule has 1 atom stereocenters. The van der Waals surface area contributed by atoms with E-state index in [4.69, 9.17) is 5.11 Å². The number of benzene rings is 2. The maximum absolute atomic E-state index is 13.1. The zero-order chi connectivity index (χ0) is 23.8. The van der Waals surface area contributed by atoms with Gasteiger partial charge in [-0.05, 0) is 68.1 Å². The van der Waals surface area contributed by atoms with E-state index < -0.39 is 21.2 Å². The normalized spacial score (nSPS) is 20.2.